The molecule has 12 heteroatoms. The lowest BCUT2D eigenvalue weighted by molar-refractivity contribution is 0.666. The quantitative estimate of drug-likeness (QED) is 0.149. The first-order valence-electron chi connectivity index (χ1n) is 41.6. The van der Waals surface area contributed by atoms with E-state index in [1.54, 1.807) is 22.7 Å². The Labute approximate surface area is 717 Å². The van der Waals surface area contributed by atoms with E-state index in [4.69, 9.17) is 34.3 Å². The molecule has 0 amide bonds. The largest absolute Gasteiger partial charge is 0.452 e. The van der Waals surface area contributed by atoms with Crippen LogP contribution in [0.4, 0.5) is 0 Å². The Kier molecular flexibility index (Phi) is 16.5. The molecule has 0 saturated heterocycles. The molecule has 0 aliphatic rings. The van der Waals surface area contributed by atoms with Crippen molar-refractivity contribution in [2.75, 3.05) is 0 Å². The number of aromatic nitrogens is 9. The average molecular weight is 1620 g/mol. The average Bonchev–Trinajstić information content (AvgIpc) is 1.56. The lowest BCUT2D eigenvalue weighted by atomic mass is 10.0. The van der Waals surface area contributed by atoms with Gasteiger partial charge in [-0.15, -0.1) is 22.7 Å². The van der Waals surface area contributed by atoms with Crippen LogP contribution in [0.1, 0.15) is 0 Å². The molecule has 578 valence electrons. The molecule has 0 aliphatic carbocycles. The predicted octanol–water partition coefficient (Wildman–Crippen LogP) is 30.3. The van der Waals surface area contributed by atoms with Crippen LogP contribution in [0.25, 0.3) is 245 Å². The van der Waals surface area contributed by atoms with Gasteiger partial charge in [-0.2, -0.15) is 0 Å². The van der Waals surface area contributed by atoms with Crippen molar-refractivity contribution in [2.24, 2.45) is 0 Å². The van der Waals surface area contributed by atoms with Gasteiger partial charge in [0.05, 0.1) is 54.7 Å². The number of para-hydroxylation sites is 4. The second-order valence-corrected chi connectivity index (χ2v) is 33.7. The molecule has 0 radical (unpaired) electrons. The molecule has 124 heavy (non-hydrogen) atoms. The highest BCUT2D eigenvalue weighted by Gasteiger charge is 2.26. The first kappa shape index (κ1) is 70.9. The van der Waals surface area contributed by atoms with Crippen LogP contribution in [-0.2, 0) is 0 Å². The molecule has 9 aromatic heterocycles. The number of rotatable bonds is 8. The topological polar surface area (TPSA) is 105 Å². The summed E-state index contributed by atoms with van der Waals surface area (Å²) in [5.41, 5.74) is 20.5. The molecule has 0 aliphatic heterocycles. The molecule has 0 fully saturated rings. The Morgan fingerprint density at radius 2 is 0.565 bits per heavy atom. The first-order chi connectivity index (χ1) is 61.4. The van der Waals surface area contributed by atoms with E-state index in [1.807, 2.05) is 24.3 Å². The fourth-order valence-corrected chi connectivity index (χ4v) is 20.7. The number of furan rings is 1. The number of benzene rings is 18. The van der Waals surface area contributed by atoms with Gasteiger partial charge in [0, 0.05) is 80.0 Å². The molecular weight excluding hydrogens is 1550 g/mol. The Morgan fingerprint density at radius 3 is 1.08 bits per heavy atom. The van der Waals surface area contributed by atoms with Gasteiger partial charge in [-0.1, -0.05) is 322 Å². The summed E-state index contributed by atoms with van der Waals surface area (Å²) in [6.07, 6.45) is 0. The van der Waals surface area contributed by atoms with Gasteiger partial charge in [0.2, 0.25) is 17.8 Å². The van der Waals surface area contributed by atoms with Gasteiger partial charge >= 0.3 is 0 Å². The third kappa shape index (κ3) is 11.7. The van der Waals surface area contributed by atoms with E-state index in [9.17, 15) is 0 Å². The molecular formula is C112H67N9OS2. The summed E-state index contributed by atoms with van der Waals surface area (Å²) >= 11 is 3.50. The summed E-state index contributed by atoms with van der Waals surface area (Å²) in [6.45, 7) is 0. The van der Waals surface area contributed by atoms with Crippen molar-refractivity contribution in [2.45, 2.75) is 0 Å². The summed E-state index contributed by atoms with van der Waals surface area (Å²) in [5, 5.41) is 21.3. The van der Waals surface area contributed by atoms with Gasteiger partial charge in [0.25, 0.3) is 0 Å². The van der Waals surface area contributed by atoms with Gasteiger partial charge in [-0.25, -0.2) is 29.9 Å². The number of fused-ring (bicyclic) bond motifs is 22. The van der Waals surface area contributed by atoms with E-state index in [-0.39, 0.29) is 0 Å². The molecule has 0 bridgehead atoms. The van der Waals surface area contributed by atoms with Crippen molar-refractivity contribution in [1.82, 2.24) is 43.6 Å². The van der Waals surface area contributed by atoms with Gasteiger partial charge < -0.3 is 4.42 Å². The van der Waals surface area contributed by atoms with Crippen LogP contribution in [-0.4, -0.2) is 43.6 Å². The minimum absolute atomic E-state index is 0.623. The van der Waals surface area contributed by atoms with Crippen LogP contribution >= 0.6 is 22.7 Å². The molecule has 0 unspecified atom stereocenters. The van der Waals surface area contributed by atoms with Crippen molar-refractivity contribution in [3.05, 3.63) is 406 Å². The maximum Gasteiger partial charge on any atom is 0.236 e. The second kappa shape index (κ2) is 28.8. The number of nitrogens with zero attached hydrogens (tertiary/aromatic N) is 9. The fraction of sp³-hybridized carbons (Fsp3) is 0. The third-order valence-electron chi connectivity index (χ3n) is 24.4. The second-order valence-electron chi connectivity index (χ2n) is 31.6. The van der Waals surface area contributed by atoms with Crippen LogP contribution in [0, 0.1) is 0 Å². The van der Waals surface area contributed by atoms with Crippen LogP contribution in [0.15, 0.2) is 411 Å². The summed E-state index contributed by atoms with van der Waals surface area (Å²) in [6, 6.07) is 143. The standard InChI is InChI=1S/C38H23N3O.C38H23N3S.C36H21N3S/c2*1-2-10-24(11-3-1)25-18-20-26(21-19-25)35-37-36(30-15-7-9-17-34(30)42-37)40-38(39-35)41-32-16-8-6-14-29(32)31-22-27-12-4-5-13-28(27)23-33(31)41;1-2-10-23-19-26(18-17-22(23)9-1)34-33-28-14-6-8-16-32(28)40-35(33)38-36(37-34)39-30-15-7-5-13-27(30)29-20-24-11-3-4-12-25(24)21-31(29)39/h2*1-23H;1-21H. The molecule has 0 atom stereocenters. The highest BCUT2D eigenvalue weighted by atomic mass is 32.1. The molecule has 18 aromatic carbocycles. The van der Waals surface area contributed by atoms with Crippen LogP contribution in [0.5, 0.6) is 0 Å². The van der Waals surface area contributed by atoms with E-state index in [0.29, 0.717) is 23.4 Å². The third-order valence-corrected chi connectivity index (χ3v) is 26.6. The molecule has 0 N–H and O–H groups in total. The summed E-state index contributed by atoms with van der Waals surface area (Å²) in [7, 11) is 0. The van der Waals surface area contributed by atoms with Crippen LogP contribution in [0.3, 0.4) is 0 Å². The Hall–Kier alpha value is -16.1. The number of hydrogen-bond acceptors (Lipinski definition) is 9. The molecule has 9 heterocycles. The van der Waals surface area contributed by atoms with Crippen molar-refractivity contribution in [1.29, 1.82) is 0 Å². The summed E-state index contributed by atoms with van der Waals surface area (Å²) < 4.78 is 16.6. The maximum atomic E-state index is 6.42. The zero-order chi connectivity index (χ0) is 81.5. The van der Waals surface area contributed by atoms with Gasteiger partial charge in [-0.3, -0.25) is 13.7 Å². The summed E-state index contributed by atoms with van der Waals surface area (Å²) in [5.74, 6) is 2.01. The van der Waals surface area contributed by atoms with Crippen molar-refractivity contribution in [3.8, 4) is 73.9 Å². The Bertz CT molecular complexity index is 8660. The Morgan fingerprint density at radius 1 is 0.210 bits per heavy atom. The molecule has 10 nitrogen and oxygen atoms in total. The first-order valence-corrected chi connectivity index (χ1v) is 43.2. The van der Waals surface area contributed by atoms with Gasteiger partial charge in [0.15, 0.2) is 5.58 Å². The van der Waals surface area contributed by atoms with Crippen LogP contribution in [0.2, 0.25) is 0 Å². The monoisotopic (exact) mass is 1620 g/mol. The zero-order valence-corrected chi connectivity index (χ0v) is 68.1. The zero-order valence-electron chi connectivity index (χ0n) is 66.4. The van der Waals surface area contributed by atoms with E-state index in [1.165, 1.54) is 107 Å². The lowest BCUT2D eigenvalue weighted by Gasteiger charge is -2.11. The van der Waals surface area contributed by atoms with Crippen molar-refractivity contribution < 1.29 is 4.42 Å². The highest BCUT2D eigenvalue weighted by molar-refractivity contribution is 7.26. The summed E-state index contributed by atoms with van der Waals surface area (Å²) in [4.78, 5) is 32.7. The fourth-order valence-electron chi connectivity index (χ4n) is 18.5. The molecule has 27 aromatic rings. The smallest absolute Gasteiger partial charge is 0.236 e. The minimum Gasteiger partial charge on any atom is -0.452 e. The maximum absolute atomic E-state index is 6.42. The van der Waals surface area contributed by atoms with Crippen molar-refractivity contribution >= 4 is 194 Å². The van der Waals surface area contributed by atoms with Gasteiger partial charge in [0.1, 0.15) is 21.6 Å². The lowest BCUT2D eigenvalue weighted by Crippen LogP contribution is -2.02. The van der Waals surface area contributed by atoms with E-state index < -0.39 is 0 Å². The van der Waals surface area contributed by atoms with E-state index in [0.717, 1.165) is 115 Å². The van der Waals surface area contributed by atoms with Crippen LogP contribution < -0.4 is 0 Å². The molecule has 0 spiro atoms. The Balaban J connectivity index is 0.000000102. The van der Waals surface area contributed by atoms with Crippen molar-refractivity contribution in [3.63, 3.8) is 0 Å². The SMILES string of the molecule is c1ccc(-c2ccc(-c3nc(-n4c5ccccc5c5cc6ccccc6cc54)nc4c3oc3ccccc34)cc2)cc1.c1ccc(-c2ccc(-c3nc(-n4c5ccccc5c5cc6ccccc6cc54)nc4c3sc3ccccc34)cc2)cc1.c1ccc2cc(-c3nc(-n4c5ccccc5c5cc6ccccc6cc54)nc4sc5ccccc5c34)ccc2c1. The highest BCUT2D eigenvalue weighted by Crippen LogP contribution is 2.46. The normalized spacial score (nSPS) is 11.9. The van der Waals surface area contributed by atoms with E-state index >= 15 is 0 Å². The molecule has 27 rings (SSSR count). The number of thiophene rings is 2. The molecule has 0 saturated carbocycles. The minimum atomic E-state index is 0.623. The van der Waals surface area contributed by atoms with Gasteiger partial charge in [-0.05, 0) is 150 Å². The number of hydrogen-bond donors (Lipinski definition) is 0. The predicted molar refractivity (Wildman–Crippen MR) is 519 cm³/mol. The van der Waals surface area contributed by atoms with E-state index in [2.05, 4.69) is 396 Å².